The van der Waals surface area contributed by atoms with Crippen LogP contribution in [0.25, 0.3) is 0 Å². The minimum atomic E-state index is -0.424. The van der Waals surface area contributed by atoms with Gasteiger partial charge in [0.2, 0.25) is 5.91 Å². The summed E-state index contributed by atoms with van der Waals surface area (Å²) < 4.78 is 0. The van der Waals surface area contributed by atoms with Crippen LogP contribution in [0.3, 0.4) is 0 Å². The normalized spacial score (nSPS) is 30.8. The smallest absolute Gasteiger partial charge is 0.226 e. The van der Waals surface area contributed by atoms with E-state index < -0.39 is 6.04 Å². The first-order chi connectivity index (χ1) is 12.7. The summed E-state index contributed by atoms with van der Waals surface area (Å²) in [5.41, 5.74) is 2.60. The second kappa shape index (κ2) is 7.53. The summed E-state index contributed by atoms with van der Waals surface area (Å²) in [7, 11) is 0. The zero-order chi connectivity index (χ0) is 18.1. The number of thioether (sulfide) groups is 1. The predicted octanol–water partition coefficient (Wildman–Crippen LogP) is 1.58. The molecule has 1 aromatic carbocycles. The molecule has 2 heterocycles. The van der Waals surface area contributed by atoms with Crippen LogP contribution >= 0.6 is 11.8 Å². The number of likely N-dealkylation sites (tertiary alicyclic amines) is 1. The molecule has 4 atom stereocenters. The second-order valence-electron chi connectivity index (χ2n) is 7.40. The number of benzene rings is 1. The highest BCUT2D eigenvalue weighted by atomic mass is 32.2. The van der Waals surface area contributed by atoms with Crippen LogP contribution in [0.4, 0.5) is 0 Å². The van der Waals surface area contributed by atoms with E-state index in [0.717, 1.165) is 38.4 Å². The number of Topliss-reactive ketones (excluding diaryl/α,β-unsaturated/α-hetero) is 1. The second-order valence-corrected chi connectivity index (χ2v) is 8.53. The van der Waals surface area contributed by atoms with Gasteiger partial charge in [0.1, 0.15) is 6.29 Å². The van der Waals surface area contributed by atoms with Gasteiger partial charge >= 0.3 is 0 Å². The number of ketones is 1. The predicted molar refractivity (Wildman–Crippen MR) is 101 cm³/mol. The van der Waals surface area contributed by atoms with Gasteiger partial charge in [-0.15, -0.1) is 11.8 Å². The first kappa shape index (κ1) is 17.7. The largest absolute Gasteiger partial charge is 0.332 e. The van der Waals surface area contributed by atoms with Gasteiger partial charge in [-0.25, -0.2) is 0 Å². The van der Waals surface area contributed by atoms with Gasteiger partial charge in [0.15, 0.2) is 5.78 Å². The zero-order valence-corrected chi connectivity index (χ0v) is 15.5. The molecule has 0 aromatic heterocycles. The summed E-state index contributed by atoms with van der Waals surface area (Å²) in [5.74, 6) is 0.738. The van der Waals surface area contributed by atoms with Crippen LogP contribution in [-0.4, -0.2) is 52.6 Å². The molecule has 4 rings (SSSR count). The number of carbonyl (C=O) groups is 3. The van der Waals surface area contributed by atoms with Crippen molar-refractivity contribution in [2.24, 2.45) is 5.92 Å². The summed E-state index contributed by atoms with van der Waals surface area (Å²) >= 11 is 1.48. The Balaban J connectivity index is 1.47. The maximum absolute atomic E-state index is 13.2. The highest BCUT2D eigenvalue weighted by Crippen LogP contribution is 2.32. The third-order valence-corrected chi connectivity index (χ3v) is 7.11. The fourth-order valence-electron chi connectivity index (χ4n) is 4.48. The van der Waals surface area contributed by atoms with Crippen molar-refractivity contribution >= 4 is 29.7 Å². The minimum Gasteiger partial charge on any atom is -0.332 e. The molecule has 0 spiro atoms. The van der Waals surface area contributed by atoms with Crippen LogP contribution in [0.15, 0.2) is 24.3 Å². The lowest BCUT2D eigenvalue weighted by molar-refractivity contribution is -0.141. The lowest BCUT2D eigenvalue weighted by Gasteiger charge is -2.32. The molecule has 2 saturated heterocycles. The van der Waals surface area contributed by atoms with E-state index in [-0.39, 0.29) is 28.9 Å². The average molecular weight is 372 g/mol. The van der Waals surface area contributed by atoms with Crippen LogP contribution in [0.2, 0.25) is 0 Å². The van der Waals surface area contributed by atoms with Gasteiger partial charge in [-0.1, -0.05) is 24.3 Å². The Hall–Kier alpha value is -1.66. The van der Waals surface area contributed by atoms with E-state index in [1.165, 1.54) is 22.9 Å². The van der Waals surface area contributed by atoms with Gasteiger partial charge < -0.3 is 9.69 Å². The van der Waals surface area contributed by atoms with Crippen LogP contribution in [0, 0.1) is 5.92 Å². The van der Waals surface area contributed by atoms with Crippen molar-refractivity contribution in [3.8, 4) is 0 Å². The van der Waals surface area contributed by atoms with Crippen LogP contribution in [-0.2, 0) is 27.2 Å². The van der Waals surface area contributed by atoms with Crippen molar-refractivity contribution in [3.05, 3.63) is 35.4 Å². The monoisotopic (exact) mass is 372 g/mol. The number of carbonyl (C=O) groups excluding carboxylic acids is 3. The number of aryl methyl sites for hydroxylation is 1. The molecule has 0 radical (unpaired) electrons. The summed E-state index contributed by atoms with van der Waals surface area (Å²) in [6, 6.07) is 7.54. The molecule has 0 saturated carbocycles. The Labute approximate surface area is 157 Å². The minimum absolute atomic E-state index is 0.0328. The molecular formula is C20H24N2O3S. The van der Waals surface area contributed by atoms with E-state index in [2.05, 4.69) is 17.4 Å². The number of amides is 1. The van der Waals surface area contributed by atoms with Crippen LogP contribution in [0.1, 0.15) is 30.4 Å². The summed E-state index contributed by atoms with van der Waals surface area (Å²) in [6.07, 6.45) is 4.95. The molecule has 26 heavy (non-hydrogen) atoms. The van der Waals surface area contributed by atoms with E-state index in [1.54, 1.807) is 0 Å². The molecule has 1 N–H and O–H groups in total. The van der Waals surface area contributed by atoms with Crippen molar-refractivity contribution in [2.45, 2.75) is 49.4 Å². The number of aldehydes is 1. The molecule has 0 bridgehead atoms. The lowest BCUT2D eigenvalue weighted by Crippen LogP contribution is -2.49. The lowest BCUT2D eigenvalue weighted by atomic mass is 9.83. The van der Waals surface area contributed by atoms with E-state index >= 15 is 0 Å². The van der Waals surface area contributed by atoms with Gasteiger partial charge in [0.05, 0.1) is 17.3 Å². The fourth-order valence-corrected chi connectivity index (χ4v) is 5.64. The highest BCUT2D eigenvalue weighted by molar-refractivity contribution is 8.00. The number of nitrogens with one attached hydrogen (secondary N) is 1. The molecule has 1 aromatic rings. The molecule has 2 fully saturated rings. The van der Waals surface area contributed by atoms with Crippen LogP contribution < -0.4 is 5.32 Å². The molecular weight excluding hydrogens is 348 g/mol. The molecule has 1 aliphatic carbocycles. The Kier molecular flexibility index (Phi) is 5.14. The number of hydrogen-bond acceptors (Lipinski definition) is 5. The van der Waals surface area contributed by atoms with E-state index in [9.17, 15) is 14.4 Å². The quantitative estimate of drug-likeness (QED) is 0.813. The molecule has 1 unspecified atom stereocenters. The molecule has 3 aliphatic rings. The topological polar surface area (TPSA) is 66.5 Å². The van der Waals surface area contributed by atoms with Crippen molar-refractivity contribution in [1.29, 1.82) is 0 Å². The number of rotatable bonds is 4. The number of nitrogens with zero attached hydrogens (tertiary/aromatic N) is 1. The SMILES string of the molecule is O=C[C@H]1NCSC1C(=O)[C@@H]1CCCN1C(=O)[C@H]1CCc2ccccc2C1. The van der Waals surface area contributed by atoms with Crippen molar-refractivity contribution in [3.63, 3.8) is 0 Å². The van der Waals surface area contributed by atoms with Crippen molar-refractivity contribution in [1.82, 2.24) is 10.2 Å². The summed E-state index contributed by atoms with van der Waals surface area (Å²) in [5, 5.41) is 2.69. The standard InChI is InChI=1S/C20H24N2O3S/c23-11-16-19(26-12-21-16)18(24)17-6-3-9-22(17)20(25)15-8-7-13-4-1-2-5-14(13)10-15/h1-2,4-5,11,15-17,19,21H,3,6-10,12H2/t15-,16+,17-,19?/m0/s1. The third-order valence-electron chi connectivity index (χ3n) is 5.90. The van der Waals surface area contributed by atoms with Crippen molar-refractivity contribution in [2.75, 3.05) is 12.4 Å². The highest BCUT2D eigenvalue weighted by Gasteiger charge is 2.43. The molecule has 138 valence electrons. The van der Waals surface area contributed by atoms with Gasteiger partial charge in [0.25, 0.3) is 0 Å². The zero-order valence-electron chi connectivity index (χ0n) is 14.7. The first-order valence-corrected chi connectivity index (χ1v) is 10.4. The van der Waals surface area contributed by atoms with Crippen molar-refractivity contribution < 1.29 is 14.4 Å². The number of fused-ring (bicyclic) bond motifs is 1. The fraction of sp³-hybridized carbons (Fsp3) is 0.550. The Morgan fingerprint density at radius 3 is 2.81 bits per heavy atom. The molecule has 2 aliphatic heterocycles. The van der Waals surface area contributed by atoms with E-state index in [0.29, 0.717) is 12.4 Å². The van der Waals surface area contributed by atoms with E-state index in [4.69, 9.17) is 0 Å². The number of hydrogen-bond donors (Lipinski definition) is 1. The van der Waals surface area contributed by atoms with Gasteiger partial charge in [-0.2, -0.15) is 0 Å². The van der Waals surface area contributed by atoms with Gasteiger partial charge in [-0.05, 0) is 43.2 Å². The molecule has 6 heteroatoms. The third kappa shape index (κ3) is 3.21. The molecule has 5 nitrogen and oxygen atoms in total. The maximum atomic E-state index is 13.2. The molecule has 1 amide bonds. The van der Waals surface area contributed by atoms with Gasteiger partial charge in [0, 0.05) is 18.3 Å². The Morgan fingerprint density at radius 2 is 2.00 bits per heavy atom. The summed E-state index contributed by atoms with van der Waals surface area (Å²) in [6.45, 7) is 0.657. The Bertz CT molecular complexity index is 723. The average Bonchev–Trinajstić information content (AvgIpc) is 3.35. The summed E-state index contributed by atoms with van der Waals surface area (Å²) in [4.78, 5) is 39.2. The van der Waals surface area contributed by atoms with Gasteiger partial charge in [-0.3, -0.25) is 14.9 Å². The van der Waals surface area contributed by atoms with Crippen LogP contribution in [0.5, 0.6) is 0 Å². The Morgan fingerprint density at radius 1 is 1.19 bits per heavy atom. The maximum Gasteiger partial charge on any atom is 0.226 e. The van der Waals surface area contributed by atoms with E-state index in [1.807, 2.05) is 17.0 Å². The first-order valence-electron chi connectivity index (χ1n) is 9.40.